The molecular weight excluding hydrogens is 252 g/mol. The van der Waals surface area contributed by atoms with Gasteiger partial charge in [-0.3, -0.25) is 0 Å². The van der Waals surface area contributed by atoms with Gasteiger partial charge in [-0.25, -0.2) is 4.98 Å². The molecule has 2 heterocycles. The van der Waals surface area contributed by atoms with E-state index in [1.165, 1.54) is 0 Å². The van der Waals surface area contributed by atoms with Crippen molar-refractivity contribution in [3.63, 3.8) is 0 Å². The number of benzene rings is 1. The molecule has 0 radical (unpaired) electrons. The lowest BCUT2D eigenvalue weighted by Gasteiger charge is -2.31. The van der Waals surface area contributed by atoms with Gasteiger partial charge in [-0.15, -0.1) is 21.8 Å². The summed E-state index contributed by atoms with van der Waals surface area (Å²) in [6.07, 6.45) is 0.0375. The Balaban J connectivity index is 1.89. The second kappa shape index (κ2) is 5.04. The number of hydrogen-bond donors (Lipinski definition) is 0. The third-order valence-electron chi connectivity index (χ3n) is 2.94. The van der Waals surface area contributed by atoms with Gasteiger partial charge in [0, 0.05) is 13.1 Å². The predicted molar refractivity (Wildman–Crippen MR) is 70.0 cm³/mol. The van der Waals surface area contributed by atoms with E-state index in [0.29, 0.717) is 25.0 Å². The normalized spacial score (nSPS) is 20.3. The zero-order valence-corrected chi connectivity index (χ0v) is 10.5. The maximum atomic E-state index is 5.82. The molecule has 1 aromatic carbocycles. The van der Waals surface area contributed by atoms with E-state index in [2.05, 4.69) is 20.1 Å². The van der Waals surface area contributed by atoms with E-state index in [9.17, 15) is 0 Å². The number of ether oxygens (including phenoxy) is 1. The van der Waals surface area contributed by atoms with Crippen LogP contribution >= 0.6 is 11.6 Å². The Hall–Kier alpha value is -1.46. The van der Waals surface area contributed by atoms with Crippen molar-refractivity contribution in [2.75, 3.05) is 30.5 Å². The summed E-state index contributed by atoms with van der Waals surface area (Å²) in [4.78, 5) is 6.59. The number of alkyl halides is 1. The minimum atomic E-state index is 0.0375. The fourth-order valence-electron chi connectivity index (χ4n) is 2.00. The Morgan fingerprint density at radius 3 is 2.94 bits per heavy atom. The van der Waals surface area contributed by atoms with Crippen LogP contribution in [0.1, 0.15) is 0 Å². The monoisotopic (exact) mass is 264 g/mol. The van der Waals surface area contributed by atoms with Gasteiger partial charge in [-0.2, -0.15) is 0 Å². The maximum Gasteiger partial charge on any atom is 0.246 e. The van der Waals surface area contributed by atoms with Crippen LogP contribution in [-0.2, 0) is 4.74 Å². The first-order valence-electron chi connectivity index (χ1n) is 5.89. The molecule has 1 unspecified atom stereocenters. The minimum Gasteiger partial charge on any atom is -0.373 e. The van der Waals surface area contributed by atoms with Crippen molar-refractivity contribution in [2.24, 2.45) is 0 Å². The predicted octanol–water partition coefficient (Wildman–Crippen LogP) is 1.47. The van der Waals surface area contributed by atoms with Crippen LogP contribution in [0.5, 0.6) is 0 Å². The fraction of sp³-hybridized carbons (Fsp3) is 0.417. The van der Waals surface area contributed by atoms with Gasteiger partial charge in [0.25, 0.3) is 0 Å². The first-order valence-corrected chi connectivity index (χ1v) is 6.42. The van der Waals surface area contributed by atoms with E-state index in [1.807, 2.05) is 24.3 Å². The van der Waals surface area contributed by atoms with Gasteiger partial charge < -0.3 is 9.64 Å². The molecule has 94 valence electrons. The number of halogens is 1. The number of aromatic nitrogens is 3. The average molecular weight is 265 g/mol. The van der Waals surface area contributed by atoms with E-state index >= 15 is 0 Å². The second-order valence-electron chi connectivity index (χ2n) is 4.19. The quantitative estimate of drug-likeness (QED) is 0.769. The van der Waals surface area contributed by atoms with Crippen LogP contribution in [0, 0.1) is 0 Å². The molecule has 0 saturated carbocycles. The lowest BCUT2D eigenvalue weighted by Crippen LogP contribution is -2.44. The summed E-state index contributed by atoms with van der Waals surface area (Å²) in [6.45, 7) is 2.13. The van der Waals surface area contributed by atoms with Crippen LogP contribution in [0.15, 0.2) is 24.3 Å². The third-order valence-corrected chi connectivity index (χ3v) is 3.29. The summed E-state index contributed by atoms with van der Waals surface area (Å²) in [5, 5.41) is 8.34. The van der Waals surface area contributed by atoms with E-state index in [1.54, 1.807) is 0 Å². The van der Waals surface area contributed by atoms with Crippen molar-refractivity contribution in [2.45, 2.75) is 6.10 Å². The topological polar surface area (TPSA) is 51.1 Å². The van der Waals surface area contributed by atoms with Gasteiger partial charge in [0.15, 0.2) is 0 Å². The average Bonchev–Trinajstić information content (AvgIpc) is 2.47. The number of rotatable bonds is 2. The molecule has 0 bridgehead atoms. The van der Waals surface area contributed by atoms with Crippen LogP contribution < -0.4 is 4.90 Å². The number of fused-ring (bicyclic) bond motifs is 1. The van der Waals surface area contributed by atoms with E-state index in [4.69, 9.17) is 16.3 Å². The number of anilines is 1. The van der Waals surface area contributed by atoms with Crippen LogP contribution in [0.2, 0.25) is 0 Å². The summed E-state index contributed by atoms with van der Waals surface area (Å²) < 4.78 is 5.52. The molecule has 6 heteroatoms. The highest BCUT2D eigenvalue weighted by molar-refractivity contribution is 6.18. The molecule has 0 N–H and O–H groups in total. The number of hydrogen-bond acceptors (Lipinski definition) is 5. The Kier molecular flexibility index (Phi) is 3.25. The Labute approximate surface area is 110 Å². The van der Waals surface area contributed by atoms with Crippen LogP contribution in [0.4, 0.5) is 5.95 Å². The molecule has 0 amide bonds. The molecule has 1 atom stereocenters. The molecule has 2 aromatic rings. The van der Waals surface area contributed by atoms with E-state index < -0.39 is 0 Å². The van der Waals surface area contributed by atoms with Gasteiger partial charge >= 0.3 is 0 Å². The SMILES string of the molecule is ClCC1CN(c2nnc3ccccc3n2)CCO1. The number of morpholine rings is 1. The molecule has 5 nitrogen and oxygen atoms in total. The fourth-order valence-corrected chi connectivity index (χ4v) is 2.19. The summed E-state index contributed by atoms with van der Waals surface area (Å²) in [7, 11) is 0. The second-order valence-corrected chi connectivity index (χ2v) is 4.50. The van der Waals surface area contributed by atoms with Gasteiger partial charge in [-0.05, 0) is 12.1 Å². The smallest absolute Gasteiger partial charge is 0.246 e. The van der Waals surface area contributed by atoms with E-state index in [0.717, 1.165) is 17.6 Å². The van der Waals surface area contributed by atoms with Crippen molar-refractivity contribution in [1.29, 1.82) is 0 Å². The zero-order chi connectivity index (χ0) is 12.4. The third kappa shape index (κ3) is 2.23. The Morgan fingerprint density at radius 2 is 2.11 bits per heavy atom. The Morgan fingerprint density at radius 1 is 1.28 bits per heavy atom. The summed E-state index contributed by atoms with van der Waals surface area (Å²) in [6, 6.07) is 7.71. The van der Waals surface area contributed by atoms with Crippen molar-refractivity contribution in [3.8, 4) is 0 Å². The molecule has 0 spiro atoms. The molecule has 0 aliphatic carbocycles. The van der Waals surface area contributed by atoms with Crippen molar-refractivity contribution in [3.05, 3.63) is 24.3 Å². The van der Waals surface area contributed by atoms with Crippen LogP contribution in [0.3, 0.4) is 0 Å². The molecule has 1 aromatic heterocycles. The number of nitrogens with zero attached hydrogens (tertiary/aromatic N) is 4. The lowest BCUT2D eigenvalue weighted by molar-refractivity contribution is 0.0548. The molecular formula is C12H13ClN4O. The van der Waals surface area contributed by atoms with Gasteiger partial charge in [0.1, 0.15) is 5.52 Å². The minimum absolute atomic E-state index is 0.0375. The highest BCUT2D eigenvalue weighted by atomic mass is 35.5. The highest BCUT2D eigenvalue weighted by Crippen LogP contribution is 2.15. The summed E-state index contributed by atoms with van der Waals surface area (Å²) in [5.74, 6) is 1.13. The number of para-hydroxylation sites is 1. The van der Waals surface area contributed by atoms with Gasteiger partial charge in [0.2, 0.25) is 5.95 Å². The first kappa shape index (κ1) is 11.6. The molecule has 18 heavy (non-hydrogen) atoms. The molecule has 1 saturated heterocycles. The van der Waals surface area contributed by atoms with Gasteiger partial charge in [0.05, 0.1) is 24.1 Å². The lowest BCUT2D eigenvalue weighted by atomic mass is 10.3. The maximum absolute atomic E-state index is 5.82. The standard InChI is InChI=1S/C12H13ClN4O/c13-7-9-8-17(5-6-18-9)12-14-10-3-1-2-4-11(10)15-16-12/h1-4,9H,5-8H2. The van der Waals surface area contributed by atoms with Crippen LogP contribution in [-0.4, -0.2) is 46.9 Å². The van der Waals surface area contributed by atoms with E-state index in [-0.39, 0.29) is 6.10 Å². The molecule has 3 rings (SSSR count). The van der Waals surface area contributed by atoms with Crippen molar-refractivity contribution in [1.82, 2.24) is 15.2 Å². The summed E-state index contributed by atoms with van der Waals surface area (Å²) >= 11 is 5.82. The molecule has 1 fully saturated rings. The van der Waals surface area contributed by atoms with Crippen molar-refractivity contribution < 1.29 is 4.74 Å². The first-order chi connectivity index (χ1) is 8.86. The van der Waals surface area contributed by atoms with Crippen molar-refractivity contribution >= 4 is 28.6 Å². The van der Waals surface area contributed by atoms with Crippen LogP contribution in [0.25, 0.3) is 11.0 Å². The molecule has 1 aliphatic rings. The van der Waals surface area contributed by atoms with Gasteiger partial charge in [-0.1, -0.05) is 12.1 Å². The highest BCUT2D eigenvalue weighted by Gasteiger charge is 2.22. The molecule has 1 aliphatic heterocycles. The Bertz CT molecular complexity index is 550. The summed E-state index contributed by atoms with van der Waals surface area (Å²) in [5.41, 5.74) is 1.67. The largest absolute Gasteiger partial charge is 0.373 e. The zero-order valence-electron chi connectivity index (χ0n) is 9.79.